The lowest BCUT2D eigenvalue weighted by atomic mass is 9.79. The molecule has 0 spiro atoms. The minimum atomic E-state index is -0.868. The highest BCUT2D eigenvalue weighted by Crippen LogP contribution is 2.38. The number of rotatable bonds is 28. The number of aromatic nitrogens is 1. The van der Waals surface area contributed by atoms with Gasteiger partial charge >= 0.3 is 0 Å². The van der Waals surface area contributed by atoms with Crippen molar-refractivity contribution in [1.82, 2.24) is 20.5 Å². The van der Waals surface area contributed by atoms with Crippen molar-refractivity contribution in [3.05, 3.63) is 59.9 Å². The number of para-hydroxylation sites is 1. The van der Waals surface area contributed by atoms with Gasteiger partial charge in [0.15, 0.2) is 0 Å². The number of nitrogens with one attached hydrogen (secondary N) is 2. The highest BCUT2D eigenvalue weighted by atomic mass is 16.6. The fourth-order valence-corrected chi connectivity index (χ4v) is 7.76. The molecule has 14 heteroatoms. The molecule has 2 aromatic rings. The Kier molecular flexibility index (Phi) is 21.9. The van der Waals surface area contributed by atoms with Crippen molar-refractivity contribution < 1.29 is 43.2 Å². The maximum atomic E-state index is 14.2. The van der Waals surface area contributed by atoms with Gasteiger partial charge in [-0.3, -0.25) is 19.4 Å². The van der Waals surface area contributed by atoms with E-state index in [0.29, 0.717) is 70.9 Å². The third-order valence-corrected chi connectivity index (χ3v) is 10.9. The van der Waals surface area contributed by atoms with Crippen LogP contribution in [0.5, 0.6) is 5.75 Å². The van der Waals surface area contributed by atoms with Crippen molar-refractivity contribution in [2.45, 2.75) is 95.2 Å². The molecule has 318 valence electrons. The maximum absolute atomic E-state index is 14.2. The predicted molar refractivity (Wildman–Crippen MR) is 216 cm³/mol. The van der Waals surface area contributed by atoms with Crippen LogP contribution >= 0.6 is 0 Å². The second-order valence-electron chi connectivity index (χ2n) is 15.0. The number of hydrogen-bond donors (Lipinski definition) is 4. The van der Waals surface area contributed by atoms with E-state index in [-0.39, 0.29) is 56.2 Å². The van der Waals surface area contributed by atoms with Crippen LogP contribution in [0.15, 0.2) is 48.8 Å². The number of aliphatic hydroxyl groups excluding tert-OH is 1. The number of unbranched alkanes of at least 4 members (excludes halogenated alkanes) is 3. The van der Waals surface area contributed by atoms with Gasteiger partial charge < -0.3 is 50.1 Å². The quantitative estimate of drug-likeness (QED) is 0.0921. The standard InChI is InChI=1S/C43H67N5O9/c1-53-40-14-8-7-13-36(40)37(44)31-41(50)48-32-35(34-11-5-4-6-12-34)30-39(48)43(52)47-38(29-33-15-17-45-18-16-33)42(51)46-19-22-55-24-26-57-28-27-56-25-23-54-21-10-3-2-9-20-49/h7-8,13-18,34-35,37-39,49H,2-6,9-12,19-32,44H2,1H3,(H,46,51)(H,47,52)/t35-,37+,38-,39+/m1/s1. The Morgan fingerprint density at radius 1 is 0.842 bits per heavy atom. The van der Waals surface area contributed by atoms with Gasteiger partial charge in [-0.25, -0.2) is 0 Å². The molecule has 2 fully saturated rings. The summed E-state index contributed by atoms with van der Waals surface area (Å²) in [6, 6.07) is 8.88. The summed E-state index contributed by atoms with van der Waals surface area (Å²) < 4.78 is 27.8. The highest BCUT2D eigenvalue weighted by Gasteiger charge is 2.43. The fourth-order valence-electron chi connectivity index (χ4n) is 7.76. The molecular weight excluding hydrogens is 730 g/mol. The van der Waals surface area contributed by atoms with E-state index in [1.807, 2.05) is 36.4 Å². The number of likely N-dealkylation sites (tertiary alicyclic amines) is 1. The molecule has 1 saturated carbocycles. The number of hydrogen-bond acceptors (Lipinski definition) is 11. The first-order valence-electron chi connectivity index (χ1n) is 21.0. The molecule has 1 aliphatic carbocycles. The van der Waals surface area contributed by atoms with Crippen LogP contribution in [0.25, 0.3) is 0 Å². The van der Waals surface area contributed by atoms with Crippen LogP contribution in [0, 0.1) is 11.8 Å². The molecule has 57 heavy (non-hydrogen) atoms. The molecule has 2 heterocycles. The zero-order chi connectivity index (χ0) is 40.5. The van der Waals surface area contributed by atoms with Crippen LogP contribution in [0.3, 0.4) is 0 Å². The minimum absolute atomic E-state index is 0.0327. The predicted octanol–water partition coefficient (Wildman–Crippen LogP) is 3.74. The van der Waals surface area contributed by atoms with E-state index in [2.05, 4.69) is 15.6 Å². The van der Waals surface area contributed by atoms with E-state index in [1.165, 1.54) is 6.42 Å². The molecule has 4 rings (SSSR count). The molecule has 3 amide bonds. The Morgan fingerprint density at radius 3 is 2.18 bits per heavy atom. The monoisotopic (exact) mass is 797 g/mol. The van der Waals surface area contributed by atoms with Gasteiger partial charge in [0.25, 0.3) is 0 Å². The second kappa shape index (κ2) is 27.1. The molecule has 1 aromatic heterocycles. The van der Waals surface area contributed by atoms with Gasteiger partial charge in [0, 0.05) is 63.1 Å². The summed E-state index contributed by atoms with van der Waals surface area (Å²) in [5.74, 6) is 0.431. The summed E-state index contributed by atoms with van der Waals surface area (Å²) in [7, 11) is 1.58. The Hall–Kier alpha value is -3.66. The number of benzene rings is 1. The lowest BCUT2D eigenvalue weighted by Crippen LogP contribution is -2.54. The number of amides is 3. The molecule has 0 bridgehead atoms. The van der Waals surface area contributed by atoms with Crippen molar-refractivity contribution in [3.8, 4) is 5.75 Å². The van der Waals surface area contributed by atoms with Gasteiger partial charge in [0.05, 0.1) is 53.4 Å². The SMILES string of the molecule is COc1ccccc1[C@@H](N)CC(=O)N1C[C@H](C2CCCCC2)C[C@H]1C(=O)N[C@H](Cc1ccncc1)C(=O)NCCOCCOCCOCCOCCCCCCO. The zero-order valence-corrected chi connectivity index (χ0v) is 34.0. The van der Waals surface area contributed by atoms with Gasteiger partial charge in [0.2, 0.25) is 17.7 Å². The Bertz CT molecular complexity index is 1430. The number of aliphatic hydroxyl groups is 1. The average Bonchev–Trinajstić information content (AvgIpc) is 3.70. The Labute approximate surface area is 338 Å². The lowest BCUT2D eigenvalue weighted by molar-refractivity contribution is -0.139. The van der Waals surface area contributed by atoms with Gasteiger partial charge in [-0.05, 0) is 54.9 Å². The number of nitrogens with two attached hydrogens (primary N) is 1. The Balaban J connectivity index is 1.23. The number of carbonyl (C=O) groups is 3. The minimum Gasteiger partial charge on any atom is -0.496 e. The normalized spacial score (nSPS) is 18.3. The third-order valence-electron chi connectivity index (χ3n) is 10.9. The second-order valence-corrected chi connectivity index (χ2v) is 15.0. The number of methoxy groups -OCH3 is 1. The van der Waals surface area contributed by atoms with Crippen LogP contribution in [0.2, 0.25) is 0 Å². The molecular formula is C43H67N5O9. The van der Waals surface area contributed by atoms with Gasteiger partial charge in [-0.15, -0.1) is 0 Å². The number of ether oxygens (including phenoxy) is 5. The van der Waals surface area contributed by atoms with Crippen LogP contribution < -0.4 is 21.1 Å². The molecule has 2 aliphatic rings. The molecule has 1 saturated heterocycles. The van der Waals surface area contributed by atoms with E-state index in [1.54, 1.807) is 24.4 Å². The highest BCUT2D eigenvalue weighted by molar-refractivity contribution is 5.92. The molecule has 14 nitrogen and oxygen atoms in total. The summed E-state index contributed by atoms with van der Waals surface area (Å²) in [6.07, 6.45) is 13.8. The third kappa shape index (κ3) is 16.6. The fraction of sp³-hybridized carbons (Fsp3) is 0.674. The summed E-state index contributed by atoms with van der Waals surface area (Å²) in [4.78, 5) is 47.6. The van der Waals surface area contributed by atoms with Crippen molar-refractivity contribution in [3.63, 3.8) is 0 Å². The number of carbonyl (C=O) groups excluding carboxylic acids is 3. The first-order chi connectivity index (χ1) is 27.9. The average molecular weight is 798 g/mol. The largest absolute Gasteiger partial charge is 0.496 e. The molecule has 1 aliphatic heterocycles. The number of pyridine rings is 1. The topological polar surface area (TPSA) is 184 Å². The van der Waals surface area contributed by atoms with Gasteiger partial charge in [-0.1, -0.05) is 63.1 Å². The molecule has 4 atom stereocenters. The van der Waals surface area contributed by atoms with Crippen molar-refractivity contribution in [2.75, 3.05) is 79.7 Å². The smallest absolute Gasteiger partial charge is 0.243 e. The van der Waals surface area contributed by atoms with Gasteiger partial charge in [0.1, 0.15) is 17.8 Å². The molecule has 1 aromatic carbocycles. The van der Waals surface area contributed by atoms with Crippen LogP contribution in [-0.4, -0.2) is 124 Å². The Morgan fingerprint density at radius 2 is 1.49 bits per heavy atom. The van der Waals surface area contributed by atoms with E-state index in [9.17, 15) is 14.4 Å². The molecule has 5 N–H and O–H groups in total. The maximum Gasteiger partial charge on any atom is 0.243 e. The van der Waals surface area contributed by atoms with Crippen molar-refractivity contribution in [2.24, 2.45) is 17.6 Å². The van der Waals surface area contributed by atoms with E-state index in [0.717, 1.165) is 62.5 Å². The van der Waals surface area contributed by atoms with Crippen LogP contribution in [0.4, 0.5) is 0 Å². The molecule has 0 unspecified atom stereocenters. The number of nitrogens with zero attached hydrogens (tertiary/aromatic N) is 2. The van der Waals surface area contributed by atoms with Crippen molar-refractivity contribution >= 4 is 17.7 Å². The zero-order valence-electron chi connectivity index (χ0n) is 34.0. The van der Waals surface area contributed by atoms with E-state index < -0.39 is 18.1 Å². The lowest BCUT2D eigenvalue weighted by Gasteiger charge is -2.28. The first kappa shape index (κ1) is 46.0. The van der Waals surface area contributed by atoms with Gasteiger partial charge in [-0.2, -0.15) is 0 Å². The molecule has 0 radical (unpaired) electrons. The summed E-state index contributed by atoms with van der Waals surface area (Å²) in [6.45, 7) is 4.69. The van der Waals surface area contributed by atoms with Crippen LogP contribution in [0.1, 0.15) is 87.8 Å². The summed E-state index contributed by atoms with van der Waals surface area (Å²) >= 11 is 0. The summed E-state index contributed by atoms with van der Waals surface area (Å²) in [5, 5.41) is 14.7. The van der Waals surface area contributed by atoms with Crippen molar-refractivity contribution in [1.29, 1.82) is 0 Å². The van der Waals surface area contributed by atoms with E-state index >= 15 is 0 Å². The van der Waals surface area contributed by atoms with Crippen LogP contribution in [-0.2, 0) is 39.8 Å². The first-order valence-corrected chi connectivity index (χ1v) is 21.0. The van der Waals surface area contributed by atoms with E-state index in [4.69, 9.17) is 34.5 Å². The summed E-state index contributed by atoms with van der Waals surface area (Å²) in [5.41, 5.74) is 8.16.